The van der Waals surface area contributed by atoms with E-state index in [4.69, 9.17) is 4.74 Å². The second kappa shape index (κ2) is 8.64. The van der Waals surface area contributed by atoms with Gasteiger partial charge in [-0.3, -0.25) is 4.79 Å². The van der Waals surface area contributed by atoms with Crippen molar-refractivity contribution in [3.8, 4) is 0 Å². The van der Waals surface area contributed by atoms with Crippen LogP contribution in [0.25, 0.3) is 0 Å². The smallest absolute Gasteiger partial charge is 0.311 e. The Hall–Kier alpha value is -2.55. The molecule has 1 aliphatic heterocycles. The zero-order chi connectivity index (χ0) is 19.3. The van der Waals surface area contributed by atoms with Gasteiger partial charge in [0.1, 0.15) is 6.10 Å². The van der Waals surface area contributed by atoms with Crippen LogP contribution in [0.1, 0.15) is 50.7 Å². The summed E-state index contributed by atoms with van der Waals surface area (Å²) in [6.45, 7) is 2.25. The molecule has 146 valence electrons. The Balaban J connectivity index is 1.55. The first-order valence-corrected chi connectivity index (χ1v) is 10.5. The lowest BCUT2D eigenvalue weighted by atomic mass is 9.78. The summed E-state index contributed by atoms with van der Waals surface area (Å²) in [5, 5.41) is 3.68. The van der Waals surface area contributed by atoms with Crippen LogP contribution in [-0.2, 0) is 9.53 Å². The van der Waals surface area contributed by atoms with E-state index in [-0.39, 0.29) is 24.0 Å². The number of nitrogens with one attached hydrogen (secondary N) is 1. The molecule has 1 saturated heterocycles. The van der Waals surface area contributed by atoms with Gasteiger partial charge in [0.15, 0.2) is 0 Å². The Morgan fingerprint density at radius 1 is 1.11 bits per heavy atom. The summed E-state index contributed by atoms with van der Waals surface area (Å²) in [4.78, 5) is 13.1. The van der Waals surface area contributed by atoms with Crippen LogP contribution in [0.3, 0.4) is 0 Å². The molecule has 1 heterocycles. The topological polar surface area (TPSA) is 38.3 Å². The maximum Gasteiger partial charge on any atom is 0.311 e. The molecule has 3 nitrogen and oxygen atoms in total. The molecule has 3 aliphatic rings. The highest BCUT2D eigenvalue weighted by Crippen LogP contribution is 2.37. The van der Waals surface area contributed by atoms with Gasteiger partial charge in [0.05, 0.1) is 12.0 Å². The fourth-order valence-electron chi connectivity index (χ4n) is 4.43. The number of benzene rings is 1. The van der Waals surface area contributed by atoms with Gasteiger partial charge in [-0.1, -0.05) is 67.6 Å². The molecule has 0 aromatic heterocycles. The highest BCUT2D eigenvalue weighted by Gasteiger charge is 2.39. The summed E-state index contributed by atoms with van der Waals surface area (Å²) in [5.74, 6) is 0.187. The molecule has 0 saturated carbocycles. The highest BCUT2D eigenvalue weighted by atomic mass is 16.5. The van der Waals surface area contributed by atoms with Crippen LogP contribution < -0.4 is 5.32 Å². The molecular formula is C25H29NO2. The SMILES string of the molecule is CC1CC=CC=C1[C@@H](NC1=CCCC=C1)[C@H]1CC[C@H](c2ccccc2)OC1=O. The summed E-state index contributed by atoms with van der Waals surface area (Å²) in [6, 6.07) is 10.1. The second-order valence-electron chi connectivity index (χ2n) is 8.01. The number of carbonyl (C=O) groups excluding carboxylic acids is 1. The van der Waals surface area contributed by atoms with E-state index >= 15 is 0 Å². The number of ether oxygens (including phenoxy) is 1. The summed E-state index contributed by atoms with van der Waals surface area (Å²) >= 11 is 0. The third-order valence-electron chi connectivity index (χ3n) is 6.03. The number of esters is 1. The van der Waals surface area contributed by atoms with Gasteiger partial charge in [-0.15, -0.1) is 0 Å². The highest BCUT2D eigenvalue weighted by molar-refractivity contribution is 5.75. The summed E-state index contributed by atoms with van der Waals surface area (Å²) < 4.78 is 5.92. The molecule has 1 aromatic carbocycles. The molecule has 1 fully saturated rings. The van der Waals surface area contributed by atoms with Crippen LogP contribution in [0.4, 0.5) is 0 Å². The fourth-order valence-corrected chi connectivity index (χ4v) is 4.43. The first-order valence-electron chi connectivity index (χ1n) is 10.5. The van der Waals surface area contributed by atoms with Crippen molar-refractivity contribution in [3.05, 3.63) is 83.6 Å². The van der Waals surface area contributed by atoms with E-state index < -0.39 is 0 Å². The molecule has 1 unspecified atom stereocenters. The van der Waals surface area contributed by atoms with Crippen LogP contribution in [0, 0.1) is 11.8 Å². The molecule has 0 radical (unpaired) electrons. The molecule has 0 amide bonds. The first-order chi connectivity index (χ1) is 13.7. The normalized spacial score (nSPS) is 28.2. The molecule has 4 rings (SSSR count). The molecule has 3 heteroatoms. The molecule has 1 N–H and O–H groups in total. The van der Waals surface area contributed by atoms with Crippen LogP contribution in [-0.4, -0.2) is 12.0 Å². The van der Waals surface area contributed by atoms with E-state index in [0.717, 1.165) is 43.4 Å². The Morgan fingerprint density at radius 3 is 2.68 bits per heavy atom. The van der Waals surface area contributed by atoms with Gasteiger partial charge in [-0.2, -0.15) is 0 Å². The van der Waals surface area contributed by atoms with Gasteiger partial charge in [0.2, 0.25) is 0 Å². The van der Waals surface area contributed by atoms with Crippen LogP contribution in [0.5, 0.6) is 0 Å². The fraction of sp³-hybridized carbons (Fsp3) is 0.400. The van der Waals surface area contributed by atoms with E-state index in [9.17, 15) is 4.79 Å². The molecule has 28 heavy (non-hydrogen) atoms. The number of cyclic esters (lactones) is 1. The average Bonchev–Trinajstić information content (AvgIpc) is 2.74. The van der Waals surface area contributed by atoms with Crippen molar-refractivity contribution in [3.63, 3.8) is 0 Å². The van der Waals surface area contributed by atoms with Crippen molar-refractivity contribution in [2.45, 2.75) is 51.2 Å². The van der Waals surface area contributed by atoms with Crippen LogP contribution in [0.15, 0.2) is 78.1 Å². The Bertz CT molecular complexity index is 818. The average molecular weight is 376 g/mol. The number of carbonyl (C=O) groups is 1. The van der Waals surface area contributed by atoms with Gasteiger partial charge in [0.25, 0.3) is 0 Å². The predicted octanol–water partition coefficient (Wildman–Crippen LogP) is 5.40. The minimum atomic E-state index is -0.156. The van der Waals surface area contributed by atoms with Gasteiger partial charge in [-0.05, 0) is 55.2 Å². The maximum atomic E-state index is 13.1. The first kappa shape index (κ1) is 18.8. The zero-order valence-electron chi connectivity index (χ0n) is 16.5. The van der Waals surface area contributed by atoms with Crippen molar-refractivity contribution in [2.24, 2.45) is 11.8 Å². The molecule has 2 aliphatic carbocycles. The van der Waals surface area contributed by atoms with Crippen LogP contribution >= 0.6 is 0 Å². The van der Waals surface area contributed by atoms with E-state index in [1.165, 1.54) is 5.57 Å². The molecular weight excluding hydrogens is 346 g/mol. The van der Waals surface area contributed by atoms with Gasteiger partial charge in [0, 0.05) is 5.70 Å². The van der Waals surface area contributed by atoms with Crippen molar-refractivity contribution in [2.75, 3.05) is 0 Å². The van der Waals surface area contributed by atoms with Crippen molar-refractivity contribution in [1.29, 1.82) is 0 Å². The van der Waals surface area contributed by atoms with Gasteiger partial charge >= 0.3 is 5.97 Å². The summed E-state index contributed by atoms with van der Waals surface area (Å²) in [5.41, 5.74) is 3.52. The number of hydrogen-bond donors (Lipinski definition) is 1. The van der Waals surface area contributed by atoms with E-state index in [0.29, 0.717) is 5.92 Å². The molecule has 0 spiro atoms. The minimum Gasteiger partial charge on any atom is -0.457 e. The summed E-state index contributed by atoms with van der Waals surface area (Å²) in [6.07, 6.45) is 17.8. The number of allylic oxidation sites excluding steroid dienone is 6. The zero-order valence-corrected chi connectivity index (χ0v) is 16.5. The lowest BCUT2D eigenvalue weighted by Gasteiger charge is -2.37. The van der Waals surface area contributed by atoms with E-state index in [1.54, 1.807) is 0 Å². The lowest BCUT2D eigenvalue weighted by Crippen LogP contribution is -2.45. The third-order valence-corrected chi connectivity index (χ3v) is 6.03. The standard InChI is InChI=1S/C25H29NO2/c1-18-10-8-9-15-21(18)24(26-20-13-6-3-7-14-20)22-16-17-23(28-25(22)27)19-11-4-2-5-12-19/h2,4-6,8-9,11-15,18,22-24,26H,3,7,10,16-17H2,1H3/t18?,22-,23-,24-/m1/s1. The van der Waals surface area contributed by atoms with Crippen molar-refractivity contribution >= 4 is 5.97 Å². The van der Waals surface area contributed by atoms with Gasteiger partial charge in [-0.25, -0.2) is 0 Å². The second-order valence-corrected chi connectivity index (χ2v) is 8.01. The minimum absolute atomic E-state index is 0.0156. The van der Waals surface area contributed by atoms with E-state index in [2.05, 4.69) is 48.7 Å². The monoisotopic (exact) mass is 375 g/mol. The number of rotatable bonds is 5. The molecule has 0 bridgehead atoms. The maximum absolute atomic E-state index is 13.1. The Labute approximate surface area is 167 Å². The van der Waals surface area contributed by atoms with Gasteiger partial charge < -0.3 is 10.1 Å². The lowest BCUT2D eigenvalue weighted by molar-refractivity contribution is -0.161. The Kier molecular flexibility index (Phi) is 5.80. The van der Waals surface area contributed by atoms with Crippen molar-refractivity contribution in [1.82, 2.24) is 5.32 Å². The summed E-state index contributed by atoms with van der Waals surface area (Å²) in [7, 11) is 0. The Morgan fingerprint density at radius 2 is 1.96 bits per heavy atom. The quantitative estimate of drug-likeness (QED) is 0.701. The number of hydrogen-bond acceptors (Lipinski definition) is 3. The van der Waals surface area contributed by atoms with Crippen molar-refractivity contribution < 1.29 is 9.53 Å². The van der Waals surface area contributed by atoms with Crippen LogP contribution in [0.2, 0.25) is 0 Å². The molecule has 1 aromatic rings. The van der Waals surface area contributed by atoms with E-state index in [1.807, 2.05) is 30.3 Å². The largest absolute Gasteiger partial charge is 0.457 e. The predicted molar refractivity (Wildman–Crippen MR) is 112 cm³/mol. The molecule has 4 atom stereocenters. The third kappa shape index (κ3) is 4.14.